The van der Waals surface area contributed by atoms with E-state index in [4.69, 9.17) is 37.0 Å². The van der Waals surface area contributed by atoms with Gasteiger partial charge in [-0.3, -0.25) is 37.3 Å². The summed E-state index contributed by atoms with van der Waals surface area (Å²) in [6, 6.07) is 0. The molecule has 19 heteroatoms. The van der Waals surface area contributed by atoms with Crippen molar-refractivity contribution in [2.24, 2.45) is 17.8 Å². The molecule has 0 aliphatic rings. The van der Waals surface area contributed by atoms with E-state index in [0.717, 1.165) is 115 Å². The van der Waals surface area contributed by atoms with Crippen molar-refractivity contribution in [3.05, 3.63) is 0 Å². The molecule has 576 valence electrons. The SMILES string of the molecule is CCCCCCCCCC(=O)OC[C@H](COP(=O)(O)OC[C@H](O)COP(=O)(O)OC[C@@H](COC(=O)CCCCCCCCCCCCCCCCCC(C)C)OC(=O)CCCCCCCCCCCCCCCCCCCCC(C)CC)OC(=O)CCCCCCCCCC(C)C. The number of esters is 4. The minimum Gasteiger partial charge on any atom is -0.462 e. The number of rotatable bonds is 76. The Hall–Kier alpha value is -1.94. The van der Waals surface area contributed by atoms with Gasteiger partial charge in [0, 0.05) is 25.7 Å². The number of carbonyl (C=O) groups excluding carboxylic acids is 4. The standard InChI is InChI=1S/C78H152O17P2/c1-8-10-11-12-35-45-52-59-75(80)88-65-73(95-78(83)62-55-48-41-34-37-43-50-57-70(5)6)67-92-96(84,85)90-63-72(79)64-91-97(86,87)93-68-74(66-89-76(81)60-53-46-39-32-28-24-21-17-18-22-26-30-36-42-49-56-69(3)4)94-77(82)61-54-47-40-33-29-25-20-16-14-13-15-19-23-27-31-38-44-51-58-71(7)9-2/h69-74,79H,8-68H2,1-7H3,(H,84,85)(H,86,87)/t71?,72-,73+,74+/m0/s1. The first-order valence-corrected chi connectivity index (χ1v) is 43.4. The van der Waals surface area contributed by atoms with Gasteiger partial charge in [-0.2, -0.15) is 0 Å². The number of ether oxygens (including phenoxy) is 4. The van der Waals surface area contributed by atoms with Gasteiger partial charge >= 0.3 is 39.5 Å². The first-order valence-electron chi connectivity index (χ1n) is 40.4. The molecule has 0 radical (unpaired) electrons. The molecule has 3 unspecified atom stereocenters. The second kappa shape index (κ2) is 68.5. The first-order chi connectivity index (χ1) is 46.8. The Kier molecular flexibility index (Phi) is 67.1. The van der Waals surface area contributed by atoms with Crippen LogP contribution in [0.5, 0.6) is 0 Å². The molecule has 0 amide bonds. The van der Waals surface area contributed by atoms with E-state index in [-0.39, 0.29) is 25.7 Å². The first kappa shape index (κ1) is 95.1. The molecule has 17 nitrogen and oxygen atoms in total. The Bertz CT molecular complexity index is 1890. The van der Waals surface area contributed by atoms with Crippen LogP contribution in [0.25, 0.3) is 0 Å². The molecule has 0 heterocycles. The van der Waals surface area contributed by atoms with E-state index >= 15 is 0 Å². The maximum atomic E-state index is 13.1. The number of hydrogen-bond donors (Lipinski definition) is 3. The molecule has 0 fully saturated rings. The van der Waals surface area contributed by atoms with Gasteiger partial charge in [-0.15, -0.1) is 0 Å². The summed E-state index contributed by atoms with van der Waals surface area (Å²) in [5.41, 5.74) is 0. The number of hydrogen-bond acceptors (Lipinski definition) is 15. The monoisotopic (exact) mass is 1420 g/mol. The molecule has 0 spiro atoms. The highest BCUT2D eigenvalue weighted by Crippen LogP contribution is 2.45. The highest BCUT2D eigenvalue weighted by molar-refractivity contribution is 7.47. The van der Waals surface area contributed by atoms with Crippen molar-refractivity contribution in [3.8, 4) is 0 Å². The van der Waals surface area contributed by atoms with Crippen LogP contribution in [0.1, 0.15) is 402 Å². The third kappa shape index (κ3) is 70.9. The smallest absolute Gasteiger partial charge is 0.462 e. The third-order valence-corrected chi connectivity index (χ3v) is 20.4. The zero-order valence-corrected chi connectivity index (χ0v) is 65.3. The van der Waals surface area contributed by atoms with Gasteiger partial charge < -0.3 is 33.8 Å². The molecule has 0 saturated carbocycles. The number of phosphoric acid groups is 2. The second-order valence-electron chi connectivity index (χ2n) is 29.3. The Morgan fingerprint density at radius 1 is 0.299 bits per heavy atom. The van der Waals surface area contributed by atoms with Crippen molar-refractivity contribution < 1.29 is 80.2 Å². The van der Waals surface area contributed by atoms with Gasteiger partial charge in [0.2, 0.25) is 0 Å². The summed E-state index contributed by atoms with van der Waals surface area (Å²) in [5.74, 6) is 0.250. The average Bonchev–Trinajstić information content (AvgIpc) is 2.37. The minimum atomic E-state index is -4.96. The van der Waals surface area contributed by atoms with Gasteiger partial charge in [-0.1, -0.05) is 350 Å². The number of carbonyl (C=O) groups is 4. The lowest BCUT2D eigenvalue weighted by atomic mass is 9.99. The lowest BCUT2D eigenvalue weighted by Crippen LogP contribution is -2.30. The largest absolute Gasteiger partial charge is 0.472 e. The van der Waals surface area contributed by atoms with Gasteiger partial charge in [-0.05, 0) is 43.4 Å². The van der Waals surface area contributed by atoms with Crippen molar-refractivity contribution in [2.45, 2.75) is 420 Å². The predicted octanol–water partition coefficient (Wildman–Crippen LogP) is 23.0. The molecule has 97 heavy (non-hydrogen) atoms. The van der Waals surface area contributed by atoms with Crippen LogP contribution in [0, 0.1) is 17.8 Å². The van der Waals surface area contributed by atoms with Crippen molar-refractivity contribution in [1.29, 1.82) is 0 Å². The molecule has 0 aromatic carbocycles. The van der Waals surface area contributed by atoms with Crippen LogP contribution in [0.15, 0.2) is 0 Å². The van der Waals surface area contributed by atoms with E-state index in [1.54, 1.807) is 0 Å². The quantitative estimate of drug-likeness (QED) is 0.0222. The van der Waals surface area contributed by atoms with Crippen LogP contribution >= 0.6 is 15.6 Å². The van der Waals surface area contributed by atoms with Crippen molar-refractivity contribution in [3.63, 3.8) is 0 Å². The summed E-state index contributed by atoms with van der Waals surface area (Å²) in [7, 11) is -9.91. The summed E-state index contributed by atoms with van der Waals surface area (Å²) in [6.45, 7) is 11.9. The molecule has 0 aliphatic carbocycles. The summed E-state index contributed by atoms with van der Waals surface area (Å²) in [4.78, 5) is 72.7. The lowest BCUT2D eigenvalue weighted by molar-refractivity contribution is -0.161. The molecule has 0 aliphatic heterocycles. The minimum absolute atomic E-state index is 0.103. The lowest BCUT2D eigenvalue weighted by Gasteiger charge is -2.21. The molecular weight excluding hydrogens is 1270 g/mol. The zero-order valence-electron chi connectivity index (χ0n) is 63.5. The maximum Gasteiger partial charge on any atom is 0.472 e. The average molecular weight is 1420 g/mol. The Morgan fingerprint density at radius 3 is 0.784 bits per heavy atom. The van der Waals surface area contributed by atoms with E-state index in [9.17, 15) is 43.2 Å². The van der Waals surface area contributed by atoms with Crippen LogP contribution in [0.4, 0.5) is 0 Å². The van der Waals surface area contributed by atoms with E-state index in [0.29, 0.717) is 31.6 Å². The van der Waals surface area contributed by atoms with Crippen molar-refractivity contribution in [2.75, 3.05) is 39.6 Å². The van der Waals surface area contributed by atoms with Crippen LogP contribution < -0.4 is 0 Å². The summed E-state index contributed by atoms with van der Waals surface area (Å²) < 4.78 is 68.4. The topological polar surface area (TPSA) is 237 Å². The number of aliphatic hydroxyl groups excluding tert-OH is 1. The predicted molar refractivity (Wildman–Crippen MR) is 395 cm³/mol. The number of unbranched alkanes of at least 4 members (excludes halogenated alkanes) is 43. The van der Waals surface area contributed by atoms with Gasteiger partial charge in [0.05, 0.1) is 26.4 Å². The van der Waals surface area contributed by atoms with Crippen molar-refractivity contribution >= 4 is 39.5 Å². The molecule has 0 rings (SSSR count). The van der Waals surface area contributed by atoms with Gasteiger partial charge in [0.1, 0.15) is 19.3 Å². The fourth-order valence-electron chi connectivity index (χ4n) is 11.9. The molecule has 0 aromatic heterocycles. The zero-order chi connectivity index (χ0) is 71.6. The highest BCUT2D eigenvalue weighted by atomic mass is 31.2. The second-order valence-corrected chi connectivity index (χ2v) is 32.2. The summed E-state index contributed by atoms with van der Waals surface area (Å²) >= 11 is 0. The Balaban J connectivity index is 5.15. The highest BCUT2D eigenvalue weighted by Gasteiger charge is 2.30. The van der Waals surface area contributed by atoms with Gasteiger partial charge in [0.15, 0.2) is 12.2 Å². The fourth-order valence-corrected chi connectivity index (χ4v) is 13.5. The van der Waals surface area contributed by atoms with Crippen LogP contribution in [-0.2, 0) is 65.4 Å². The molecular formula is C78H152O17P2. The van der Waals surface area contributed by atoms with Gasteiger partial charge in [0.25, 0.3) is 0 Å². The van der Waals surface area contributed by atoms with Crippen LogP contribution in [-0.4, -0.2) is 96.7 Å². The Morgan fingerprint density at radius 2 is 0.526 bits per heavy atom. The Labute approximate surface area is 594 Å². The third-order valence-electron chi connectivity index (χ3n) is 18.5. The molecule has 6 atom stereocenters. The molecule has 3 N–H and O–H groups in total. The molecule has 0 bridgehead atoms. The maximum absolute atomic E-state index is 13.1. The summed E-state index contributed by atoms with van der Waals surface area (Å²) in [6.07, 6.45) is 55.9. The van der Waals surface area contributed by atoms with Gasteiger partial charge in [-0.25, -0.2) is 9.13 Å². The summed E-state index contributed by atoms with van der Waals surface area (Å²) in [5, 5.41) is 10.6. The normalized spacial score (nSPS) is 14.3. The van der Waals surface area contributed by atoms with Crippen LogP contribution in [0.3, 0.4) is 0 Å². The van der Waals surface area contributed by atoms with Crippen molar-refractivity contribution in [1.82, 2.24) is 0 Å². The number of aliphatic hydroxyl groups is 1. The van der Waals surface area contributed by atoms with E-state index in [2.05, 4.69) is 48.5 Å². The van der Waals surface area contributed by atoms with Crippen LogP contribution in [0.2, 0.25) is 0 Å². The van der Waals surface area contributed by atoms with E-state index < -0.39 is 97.5 Å². The van der Waals surface area contributed by atoms with E-state index in [1.807, 2.05) is 0 Å². The number of phosphoric ester groups is 2. The fraction of sp³-hybridized carbons (Fsp3) is 0.949. The van der Waals surface area contributed by atoms with E-state index in [1.165, 1.54) is 199 Å². The molecule has 0 aromatic rings. The molecule has 0 saturated heterocycles.